The summed E-state index contributed by atoms with van der Waals surface area (Å²) in [6, 6.07) is 3.20. The lowest BCUT2D eigenvalue weighted by molar-refractivity contribution is -0.133. The van der Waals surface area contributed by atoms with Gasteiger partial charge in [-0.2, -0.15) is 0 Å². The number of hydrogen-bond donors (Lipinski definition) is 3. The first-order valence-electron chi connectivity index (χ1n) is 5.13. The van der Waals surface area contributed by atoms with E-state index < -0.39 is 23.8 Å². The van der Waals surface area contributed by atoms with Gasteiger partial charge in [0.1, 0.15) is 0 Å². The molecule has 0 bridgehead atoms. The lowest BCUT2D eigenvalue weighted by atomic mass is 10.1. The maximum absolute atomic E-state index is 11.7. The number of carbonyl (C=O) groups is 3. The van der Waals surface area contributed by atoms with Gasteiger partial charge in [0.25, 0.3) is 0 Å². The third-order valence-corrected chi connectivity index (χ3v) is 2.98. The fraction of sp³-hybridized carbons (Fsp3) is 0.182. The Hall–Kier alpha value is -1.79. The van der Waals surface area contributed by atoms with Crippen molar-refractivity contribution in [3.63, 3.8) is 0 Å². The van der Waals surface area contributed by atoms with Crippen LogP contribution in [0.3, 0.4) is 0 Å². The van der Waals surface area contributed by atoms with Crippen molar-refractivity contribution in [3.8, 4) is 0 Å². The van der Waals surface area contributed by atoms with Crippen molar-refractivity contribution < 1.29 is 14.4 Å². The molecule has 6 nitrogen and oxygen atoms in total. The molecule has 0 aliphatic heterocycles. The quantitative estimate of drug-likeness (QED) is 0.664. The Morgan fingerprint density at radius 1 is 1.11 bits per heavy atom. The molecule has 0 fully saturated rings. The van der Waals surface area contributed by atoms with Crippen LogP contribution < -0.4 is 16.8 Å². The van der Waals surface area contributed by atoms with Crippen LogP contribution in [0.1, 0.15) is 5.56 Å². The van der Waals surface area contributed by atoms with Gasteiger partial charge in [-0.3, -0.25) is 14.4 Å². The average Bonchev–Trinajstić information content (AvgIpc) is 2.30. The number of hydrogen-bond acceptors (Lipinski definition) is 3. The number of benzene rings is 1. The van der Waals surface area contributed by atoms with E-state index in [0.717, 1.165) is 0 Å². The summed E-state index contributed by atoms with van der Waals surface area (Å²) in [5.74, 6) is -2.71. The monoisotopic (exact) mass is 303 g/mol. The SMILES string of the molecule is NC(=O)C(NC(=O)Cc1c(Cl)cccc1Cl)C(N)=O. The highest BCUT2D eigenvalue weighted by atomic mass is 35.5. The van der Waals surface area contributed by atoms with E-state index in [1.165, 1.54) is 0 Å². The highest BCUT2D eigenvalue weighted by molar-refractivity contribution is 6.36. The molecule has 102 valence electrons. The fourth-order valence-electron chi connectivity index (χ4n) is 1.36. The van der Waals surface area contributed by atoms with E-state index in [4.69, 9.17) is 34.7 Å². The minimum atomic E-state index is -1.56. The van der Waals surface area contributed by atoms with Crippen LogP contribution in [0.2, 0.25) is 10.0 Å². The second-order valence-corrected chi connectivity index (χ2v) is 4.50. The number of primary amides is 2. The van der Waals surface area contributed by atoms with E-state index in [9.17, 15) is 14.4 Å². The summed E-state index contributed by atoms with van der Waals surface area (Å²) in [5.41, 5.74) is 10.3. The summed E-state index contributed by atoms with van der Waals surface area (Å²) >= 11 is 11.8. The third kappa shape index (κ3) is 4.11. The Morgan fingerprint density at radius 3 is 2.00 bits per heavy atom. The van der Waals surface area contributed by atoms with E-state index in [0.29, 0.717) is 15.6 Å². The first-order chi connectivity index (χ1) is 8.82. The Morgan fingerprint density at radius 2 is 1.58 bits per heavy atom. The standard InChI is InChI=1S/C11H11Cl2N3O3/c12-6-2-1-3-7(13)5(6)4-8(17)16-9(10(14)18)11(15)19/h1-3,9H,4H2,(H2,14,18)(H2,15,19)(H,16,17). The largest absolute Gasteiger partial charge is 0.367 e. The van der Waals surface area contributed by atoms with Crippen LogP contribution in [0.25, 0.3) is 0 Å². The van der Waals surface area contributed by atoms with E-state index >= 15 is 0 Å². The molecule has 0 aliphatic rings. The zero-order chi connectivity index (χ0) is 14.6. The zero-order valence-electron chi connectivity index (χ0n) is 9.65. The maximum atomic E-state index is 11.7. The summed E-state index contributed by atoms with van der Waals surface area (Å²) in [4.78, 5) is 33.5. The Kier molecular flexibility index (Phi) is 5.14. The topological polar surface area (TPSA) is 115 Å². The van der Waals surface area contributed by atoms with Gasteiger partial charge in [-0.1, -0.05) is 29.3 Å². The summed E-state index contributed by atoms with van der Waals surface area (Å²) in [6.45, 7) is 0. The molecule has 0 spiro atoms. The molecule has 1 aromatic rings. The summed E-state index contributed by atoms with van der Waals surface area (Å²) in [7, 11) is 0. The zero-order valence-corrected chi connectivity index (χ0v) is 11.2. The summed E-state index contributed by atoms with van der Waals surface area (Å²) < 4.78 is 0. The van der Waals surface area contributed by atoms with Crippen molar-refractivity contribution in [2.24, 2.45) is 11.5 Å². The molecular weight excluding hydrogens is 293 g/mol. The van der Waals surface area contributed by atoms with Crippen LogP contribution in [0.15, 0.2) is 18.2 Å². The predicted octanol–water partition coefficient (Wildman–Crippen LogP) is -0.00870. The second-order valence-electron chi connectivity index (χ2n) is 3.68. The fourth-order valence-corrected chi connectivity index (χ4v) is 1.89. The van der Waals surface area contributed by atoms with Gasteiger partial charge in [0.2, 0.25) is 17.7 Å². The van der Waals surface area contributed by atoms with Crippen LogP contribution in [-0.4, -0.2) is 23.8 Å². The summed E-state index contributed by atoms with van der Waals surface area (Å²) in [5, 5.41) is 2.72. The van der Waals surface area contributed by atoms with Gasteiger partial charge in [-0.25, -0.2) is 0 Å². The molecule has 0 atom stereocenters. The van der Waals surface area contributed by atoms with Crippen LogP contribution in [-0.2, 0) is 20.8 Å². The molecule has 8 heteroatoms. The Balaban J connectivity index is 2.80. The number of rotatable bonds is 5. The van der Waals surface area contributed by atoms with Crippen LogP contribution in [0, 0.1) is 0 Å². The molecular formula is C11H11Cl2N3O3. The van der Waals surface area contributed by atoms with Gasteiger partial charge >= 0.3 is 0 Å². The number of amides is 3. The van der Waals surface area contributed by atoms with Gasteiger partial charge in [0.05, 0.1) is 6.42 Å². The van der Waals surface area contributed by atoms with Crippen molar-refractivity contribution in [3.05, 3.63) is 33.8 Å². The molecule has 1 aromatic carbocycles. The molecule has 0 heterocycles. The van der Waals surface area contributed by atoms with Crippen LogP contribution >= 0.6 is 23.2 Å². The van der Waals surface area contributed by atoms with Gasteiger partial charge in [-0.15, -0.1) is 0 Å². The molecule has 0 saturated heterocycles. The lowest BCUT2D eigenvalue weighted by Gasteiger charge is -2.12. The van der Waals surface area contributed by atoms with Crippen molar-refractivity contribution in [1.82, 2.24) is 5.32 Å². The van der Waals surface area contributed by atoms with Crippen LogP contribution in [0.4, 0.5) is 0 Å². The first kappa shape index (κ1) is 15.3. The molecule has 0 saturated carbocycles. The highest BCUT2D eigenvalue weighted by Crippen LogP contribution is 2.24. The summed E-state index contributed by atoms with van der Waals surface area (Å²) in [6.07, 6.45) is -0.199. The molecule has 19 heavy (non-hydrogen) atoms. The molecule has 0 aliphatic carbocycles. The minimum absolute atomic E-state index is 0.199. The number of halogens is 2. The van der Waals surface area contributed by atoms with Crippen LogP contribution in [0.5, 0.6) is 0 Å². The van der Waals surface area contributed by atoms with E-state index in [-0.39, 0.29) is 6.42 Å². The molecule has 3 amide bonds. The van der Waals surface area contributed by atoms with Crippen molar-refractivity contribution in [2.45, 2.75) is 12.5 Å². The van der Waals surface area contributed by atoms with E-state index in [2.05, 4.69) is 5.32 Å². The van der Waals surface area contributed by atoms with Gasteiger partial charge in [-0.05, 0) is 17.7 Å². The normalized spacial score (nSPS) is 10.3. The Labute approximate surface area is 119 Å². The smallest absolute Gasteiger partial charge is 0.249 e. The Bertz CT molecular complexity index is 500. The van der Waals surface area contributed by atoms with Crippen molar-refractivity contribution in [1.29, 1.82) is 0 Å². The van der Waals surface area contributed by atoms with Crippen molar-refractivity contribution in [2.75, 3.05) is 0 Å². The first-order valence-corrected chi connectivity index (χ1v) is 5.89. The van der Waals surface area contributed by atoms with Crippen molar-refractivity contribution >= 4 is 40.9 Å². The molecule has 0 unspecified atom stereocenters. The highest BCUT2D eigenvalue weighted by Gasteiger charge is 2.24. The number of nitrogens with one attached hydrogen (secondary N) is 1. The molecule has 0 radical (unpaired) electrons. The molecule has 5 N–H and O–H groups in total. The lowest BCUT2D eigenvalue weighted by Crippen LogP contribution is -2.52. The minimum Gasteiger partial charge on any atom is -0.367 e. The maximum Gasteiger partial charge on any atom is 0.249 e. The van der Waals surface area contributed by atoms with E-state index in [1.54, 1.807) is 18.2 Å². The van der Waals surface area contributed by atoms with Gasteiger partial charge in [0, 0.05) is 10.0 Å². The average molecular weight is 304 g/mol. The van der Waals surface area contributed by atoms with Gasteiger partial charge < -0.3 is 16.8 Å². The molecule has 0 aromatic heterocycles. The van der Waals surface area contributed by atoms with E-state index in [1.807, 2.05) is 0 Å². The number of carbonyl (C=O) groups excluding carboxylic acids is 3. The predicted molar refractivity (Wildman–Crippen MR) is 70.5 cm³/mol. The van der Waals surface area contributed by atoms with Gasteiger partial charge in [0.15, 0.2) is 6.04 Å². The molecule has 1 rings (SSSR count). The third-order valence-electron chi connectivity index (χ3n) is 2.27. The second kappa shape index (κ2) is 6.40. The number of nitrogens with two attached hydrogens (primary N) is 2.